The second kappa shape index (κ2) is 12.2. The van der Waals surface area contributed by atoms with Crippen LogP contribution in [0.4, 0.5) is 0 Å². The monoisotopic (exact) mass is 517 g/mol. The van der Waals surface area contributed by atoms with E-state index in [1.165, 1.54) is 0 Å². The Balaban J connectivity index is 1.58. The van der Waals surface area contributed by atoms with Crippen LogP contribution in [0.15, 0.2) is 36.4 Å². The van der Waals surface area contributed by atoms with E-state index in [4.69, 9.17) is 13.0 Å². The van der Waals surface area contributed by atoms with E-state index >= 15 is 0 Å². The maximum atomic E-state index is 13.0. The molecule has 188 valence electrons. The molecule has 1 saturated carbocycles. The van der Waals surface area contributed by atoms with E-state index in [1.807, 2.05) is 24.3 Å². The van der Waals surface area contributed by atoms with Crippen LogP contribution in [0.1, 0.15) is 52.2 Å². The van der Waals surface area contributed by atoms with Gasteiger partial charge in [-0.3, -0.25) is 9.59 Å². The molecule has 1 aliphatic carbocycles. The number of fused-ring (bicyclic) bond motifs is 1. The second-order valence-electron chi connectivity index (χ2n) is 9.47. The molecular weight excluding hydrogens is 484 g/mol. The third-order valence-electron chi connectivity index (χ3n) is 6.66. The molecule has 1 heterocycles. The maximum Gasteiger partial charge on any atom is 0.305 e. The van der Waals surface area contributed by atoms with Gasteiger partial charge in [0.25, 0.3) is 0 Å². The van der Waals surface area contributed by atoms with Crippen molar-refractivity contribution >= 4 is 44.8 Å². The smallest absolute Gasteiger partial charge is 0.305 e. The Labute approximate surface area is 217 Å². The van der Waals surface area contributed by atoms with Gasteiger partial charge in [-0.1, -0.05) is 55.8 Å². The first kappa shape index (κ1) is 25.9. The Kier molecular flexibility index (Phi) is 9.02. The van der Waals surface area contributed by atoms with Gasteiger partial charge >= 0.3 is 5.97 Å². The van der Waals surface area contributed by atoms with E-state index in [-0.39, 0.29) is 19.3 Å². The minimum atomic E-state index is -0.892. The summed E-state index contributed by atoms with van der Waals surface area (Å²) in [7, 11) is -0.380. The van der Waals surface area contributed by atoms with Crippen LogP contribution in [0.2, 0.25) is 5.02 Å². The molecule has 0 bridgehead atoms. The number of methoxy groups -OCH3 is 1. The lowest BCUT2D eigenvalue weighted by Crippen LogP contribution is -2.31. The fraction of sp³-hybridized carbons (Fsp3) is 0.500. The quantitative estimate of drug-likeness (QED) is 0.203. The minimum Gasteiger partial charge on any atom is -0.469 e. The summed E-state index contributed by atoms with van der Waals surface area (Å²) in [6.07, 6.45) is 4.47. The van der Waals surface area contributed by atoms with Crippen molar-refractivity contribution in [2.45, 2.75) is 64.6 Å². The van der Waals surface area contributed by atoms with Crippen LogP contribution in [0.25, 0.3) is 10.1 Å². The summed E-state index contributed by atoms with van der Waals surface area (Å²) in [6, 6.07) is 7.95. The summed E-state index contributed by atoms with van der Waals surface area (Å²) in [5, 5.41) is 23.2. The number of ketones is 1. The van der Waals surface area contributed by atoms with Gasteiger partial charge in [-0.15, -0.1) is 23.2 Å². The number of aliphatic hydroxyl groups excluding tert-OH is 2. The van der Waals surface area contributed by atoms with Gasteiger partial charge in [0.15, 0.2) is 0 Å². The SMILES string of the molecule is [2H]COC(=O)CCCC#CC[C@H]1C(=O)C(C)(C)[C@@H](O)[C@@H]1C=CC(O)CCc1sc2ccccc2c1Cl. The van der Waals surface area contributed by atoms with Gasteiger partial charge in [-0.2, -0.15) is 0 Å². The van der Waals surface area contributed by atoms with E-state index in [2.05, 4.69) is 16.6 Å². The molecule has 0 aliphatic heterocycles. The van der Waals surface area contributed by atoms with Crippen LogP contribution in [0.5, 0.6) is 0 Å². The first-order valence-corrected chi connectivity index (χ1v) is 13.0. The zero-order valence-electron chi connectivity index (χ0n) is 21.1. The molecular formula is C28H33ClO5S. The Morgan fingerprint density at radius 3 is 2.89 bits per heavy atom. The topological polar surface area (TPSA) is 83.8 Å². The molecule has 3 rings (SSSR count). The highest BCUT2D eigenvalue weighted by molar-refractivity contribution is 7.19. The van der Waals surface area contributed by atoms with E-state index in [9.17, 15) is 19.8 Å². The lowest BCUT2D eigenvalue weighted by atomic mass is 9.86. The average molecular weight is 518 g/mol. The molecule has 2 aromatic rings. The molecule has 7 heteroatoms. The van der Waals surface area contributed by atoms with Gasteiger partial charge in [0.2, 0.25) is 0 Å². The van der Waals surface area contributed by atoms with Crippen molar-refractivity contribution in [3.63, 3.8) is 0 Å². The van der Waals surface area contributed by atoms with Crippen molar-refractivity contribution in [1.29, 1.82) is 0 Å². The molecule has 1 unspecified atom stereocenters. The van der Waals surface area contributed by atoms with Crippen LogP contribution in [-0.2, 0) is 20.7 Å². The van der Waals surface area contributed by atoms with Crippen LogP contribution >= 0.6 is 22.9 Å². The number of hydrogen-bond donors (Lipinski definition) is 2. The molecule has 1 aromatic carbocycles. The fourth-order valence-corrected chi connectivity index (χ4v) is 6.03. The van der Waals surface area contributed by atoms with Gasteiger partial charge in [0, 0.05) is 46.1 Å². The summed E-state index contributed by atoms with van der Waals surface area (Å²) in [5.41, 5.74) is -0.892. The maximum absolute atomic E-state index is 13.0. The number of thiophene rings is 1. The van der Waals surface area contributed by atoms with Crippen molar-refractivity contribution < 1.29 is 25.9 Å². The third kappa shape index (κ3) is 6.54. The highest BCUT2D eigenvalue weighted by atomic mass is 35.5. The van der Waals surface area contributed by atoms with E-state index in [0.29, 0.717) is 32.1 Å². The normalized spacial score (nSPS) is 22.7. The number of hydrogen-bond acceptors (Lipinski definition) is 6. The zero-order chi connectivity index (χ0) is 26.3. The predicted octanol–water partition coefficient (Wildman–Crippen LogP) is 5.34. The van der Waals surface area contributed by atoms with E-state index in [0.717, 1.165) is 20.0 Å². The summed E-state index contributed by atoms with van der Waals surface area (Å²) < 4.78 is 12.6. The number of aliphatic hydroxyl groups is 2. The number of carbonyl (C=O) groups is 2. The van der Waals surface area contributed by atoms with E-state index in [1.54, 1.807) is 37.3 Å². The molecule has 5 nitrogen and oxygen atoms in total. The lowest BCUT2D eigenvalue weighted by Gasteiger charge is -2.22. The Morgan fingerprint density at radius 2 is 2.14 bits per heavy atom. The molecule has 4 atom stereocenters. The largest absolute Gasteiger partial charge is 0.469 e. The number of halogens is 1. The van der Waals surface area contributed by atoms with Crippen LogP contribution in [0, 0.1) is 29.1 Å². The molecule has 1 aliphatic rings. The minimum absolute atomic E-state index is 0.0375. The standard InChI is InChI=1S/C28H33ClO5S/c1-28(2)26(32)19(10-6-4-5-7-13-24(31)34-3)20(27(28)33)16-14-18(30)15-17-23-25(29)21-11-8-9-12-22(21)35-23/h8-9,11-12,14,16,18-20,27,30,33H,5,7,10,13,15,17H2,1-3H3/t18?,19-,20-,27+/m1/s1/i3D. The number of benzene rings is 1. The first-order chi connectivity index (χ1) is 17.2. The van der Waals surface area contributed by atoms with Crippen LogP contribution in [-0.4, -0.2) is 41.3 Å². The fourth-order valence-electron chi connectivity index (χ4n) is 4.49. The van der Waals surface area contributed by atoms with Gasteiger partial charge in [0.1, 0.15) is 5.78 Å². The Hall–Kier alpha value is -2.17. The molecule has 35 heavy (non-hydrogen) atoms. The molecule has 0 saturated heterocycles. The highest BCUT2D eigenvalue weighted by Gasteiger charge is 2.53. The van der Waals surface area contributed by atoms with Crippen molar-refractivity contribution in [3.8, 4) is 11.8 Å². The number of ether oxygens (including phenoxy) is 1. The van der Waals surface area contributed by atoms with Gasteiger partial charge in [-0.25, -0.2) is 0 Å². The number of Topliss-reactive ketones (excluding diaryl/α,β-unsaturated/α-hetero) is 1. The summed E-state index contributed by atoms with van der Waals surface area (Å²) >= 11 is 8.14. The highest BCUT2D eigenvalue weighted by Crippen LogP contribution is 2.44. The predicted molar refractivity (Wildman–Crippen MR) is 140 cm³/mol. The van der Waals surface area contributed by atoms with Crippen LogP contribution in [0.3, 0.4) is 0 Å². The molecule has 2 N–H and O–H groups in total. The summed E-state index contributed by atoms with van der Waals surface area (Å²) in [4.78, 5) is 25.3. The van der Waals surface area contributed by atoms with E-state index < -0.39 is 35.4 Å². The van der Waals surface area contributed by atoms with Crippen molar-refractivity contribution in [2.24, 2.45) is 17.3 Å². The first-order valence-electron chi connectivity index (χ1n) is 12.5. The zero-order valence-corrected chi connectivity index (χ0v) is 21.7. The Morgan fingerprint density at radius 1 is 1.37 bits per heavy atom. The van der Waals surface area contributed by atoms with Gasteiger partial charge in [0.05, 0.1) is 31.1 Å². The van der Waals surface area contributed by atoms with Crippen molar-refractivity contribution in [3.05, 3.63) is 46.3 Å². The number of rotatable bonds is 9. The molecule has 0 spiro atoms. The number of esters is 1. The number of unbranched alkanes of at least 4 members (excludes halogenated alkanes) is 1. The average Bonchev–Trinajstić information content (AvgIpc) is 3.25. The number of carbonyl (C=O) groups excluding carboxylic acids is 2. The van der Waals surface area contributed by atoms with Crippen molar-refractivity contribution in [2.75, 3.05) is 7.09 Å². The van der Waals surface area contributed by atoms with Gasteiger partial charge in [-0.05, 0) is 25.3 Å². The molecule has 1 aromatic heterocycles. The Bertz CT molecular complexity index is 1160. The summed E-state index contributed by atoms with van der Waals surface area (Å²) in [5.74, 6) is 4.66. The molecule has 0 amide bonds. The lowest BCUT2D eigenvalue weighted by molar-refractivity contribution is -0.140. The van der Waals surface area contributed by atoms with Gasteiger partial charge < -0.3 is 14.9 Å². The molecule has 0 radical (unpaired) electrons. The third-order valence-corrected chi connectivity index (χ3v) is 8.43. The van der Waals surface area contributed by atoms with Crippen molar-refractivity contribution in [1.82, 2.24) is 0 Å². The second-order valence-corrected chi connectivity index (χ2v) is 11.0. The summed E-state index contributed by atoms with van der Waals surface area (Å²) in [6.45, 7) is 3.48. The van der Waals surface area contributed by atoms with Crippen LogP contribution < -0.4 is 0 Å². The number of aryl methyl sites for hydroxylation is 1. The molecule has 1 fully saturated rings.